The number of para-hydroxylation sites is 1. The number of aryl methyl sites for hydroxylation is 1. The number of aromatic nitrogens is 2. The first kappa shape index (κ1) is 18.3. The second-order valence-electron chi connectivity index (χ2n) is 6.49. The second-order valence-corrected chi connectivity index (χ2v) is 7.41. The molecule has 0 atom stereocenters. The van der Waals surface area contributed by atoms with Crippen molar-refractivity contribution in [3.8, 4) is 5.75 Å². The number of ether oxygens (including phenoxy) is 1. The van der Waals surface area contributed by atoms with Gasteiger partial charge in [0, 0.05) is 29.0 Å². The summed E-state index contributed by atoms with van der Waals surface area (Å²) in [5, 5.41) is 4.30. The van der Waals surface area contributed by atoms with Gasteiger partial charge >= 0.3 is 0 Å². The summed E-state index contributed by atoms with van der Waals surface area (Å²) in [6.45, 7) is 0.306. The third-order valence-electron chi connectivity index (χ3n) is 4.82. The molecule has 2 aromatic carbocycles. The predicted octanol–water partition coefficient (Wildman–Crippen LogP) is 3.72. The van der Waals surface area contributed by atoms with Crippen LogP contribution in [0.2, 0.25) is 0 Å². The molecule has 142 valence electrons. The molecule has 7 heteroatoms. The number of nitrogens with zero attached hydrogens (tertiary/aromatic N) is 1. The van der Waals surface area contributed by atoms with Crippen LogP contribution >= 0.6 is 15.9 Å². The molecule has 28 heavy (non-hydrogen) atoms. The molecular weight excluding hydrogens is 422 g/mol. The van der Waals surface area contributed by atoms with Gasteiger partial charge in [0.1, 0.15) is 11.4 Å². The quantitative estimate of drug-likeness (QED) is 0.508. The maximum Gasteiger partial charge on any atom is 0.268 e. The van der Waals surface area contributed by atoms with Crippen LogP contribution < -0.4 is 15.6 Å². The number of aromatic amines is 1. The van der Waals surface area contributed by atoms with Gasteiger partial charge in [0.05, 0.1) is 23.5 Å². The molecule has 0 aliphatic carbocycles. The highest BCUT2D eigenvalue weighted by Crippen LogP contribution is 2.25. The zero-order valence-electron chi connectivity index (χ0n) is 15.4. The number of carbonyl (C=O) groups is 1. The fraction of sp³-hybridized carbons (Fsp3) is 0.143. The highest BCUT2D eigenvalue weighted by atomic mass is 79.9. The van der Waals surface area contributed by atoms with Crippen molar-refractivity contribution in [2.75, 3.05) is 7.11 Å². The maximum absolute atomic E-state index is 12.8. The summed E-state index contributed by atoms with van der Waals surface area (Å²) >= 11 is 3.43. The molecule has 6 nitrogen and oxygen atoms in total. The van der Waals surface area contributed by atoms with Gasteiger partial charge in [-0.1, -0.05) is 34.1 Å². The number of methoxy groups -OCH3 is 1. The van der Waals surface area contributed by atoms with Gasteiger partial charge < -0.3 is 19.6 Å². The van der Waals surface area contributed by atoms with Gasteiger partial charge in [-0.25, -0.2) is 0 Å². The van der Waals surface area contributed by atoms with Crippen molar-refractivity contribution in [3.63, 3.8) is 0 Å². The lowest BCUT2D eigenvalue weighted by atomic mass is 10.1. The van der Waals surface area contributed by atoms with Crippen LogP contribution in [0, 0.1) is 0 Å². The van der Waals surface area contributed by atoms with Gasteiger partial charge in [-0.15, -0.1) is 0 Å². The van der Waals surface area contributed by atoms with Gasteiger partial charge in [0.15, 0.2) is 0 Å². The van der Waals surface area contributed by atoms with Crippen LogP contribution in [0.3, 0.4) is 0 Å². The number of halogens is 1. The topological polar surface area (TPSA) is 76.1 Å². The van der Waals surface area contributed by atoms with E-state index in [1.165, 1.54) is 0 Å². The zero-order chi connectivity index (χ0) is 19.8. The maximum atomic E-state index is 12.8. The van der Waals surface area contributed by atoms with E-state index < -0.39 is 0 Å². The lowest BCUT2D eigenvalue weighted by molar-refractivity contribution is 0.0943. The Labute approximate surface area is 169 Å². The minimum Gasteiger partial charge on any atom is -0.496 e. The first-order chi connectivity index (χ1) is 13.5. The third kappa shape index (κ3) is 3.07. The molecule has 2 N–H and O–H groups in total. The Bertz CT molecular complexity index is 1270. The van der Waals surface area contributed by atoms with Crippen LogP contribution in [0.4, 0.5) is 0 Å². The minimum atomic E-state index is -0.260. The molecule has 0 saturated heterocycles. The number of amides is 1. The predicted molar refractivity (Wildman–Crippen MR) is 113 cm³/mol. The summed E-state index contributed by atoms with van der Waals surface area (Å²) in [5.41, 5.74) is 2.55. The van der Waals surface area contributed by atoms with E-state index in [4.69, 9.17) is 4.74 Å². The van der Waals surface area contributed by atoms with Crippen molar-refractivity contribution >= 4 is 43.6 Å². The zero-order valence-corrected chi connectivity index (χ0v) is 17.0. The minimum absolute atomic E-state index is 0.211. The highest BCUT2D eigenvalue weighted by molar-refractivity contribution is 9.10. The molecule has 0 bridgehead atoms. The summed E-state index contributed by atoms with van der Waals surface area (Å²) < 4.78 is 8.02. The largest absolute Gasteiger partial charge is 0.496 e. The van der Waals surface area contributed by atoms with Crippen LogP contribution in [0.25, 0.3) is 21.8 Å². The highest BCUT2D eigenvalue weighted by Gasteiger charge is 2.17. The molecular formula is C21H18BrN3O3. The van der Waals surface area contributed by atoms with E-state index in [2.05, 4.69) is 26.2 Å². The number of benzene rings is 2. The summed E-state index contributed by atoms with van der Waals surface area (Å²) in [7, 11) is 3.39. The van der Waals surface area contributed by atoms with Crippen molar-refractivity contribution in [1.82, 2.24) is 14.9 Å². The number of hydrogen-bond donors (Lipinski definition) is 2. The van der Waals surface area contributed by atoms with Crippen LogP contribution in [-0.2, 0) is 13.6 Å². The van der Waals surface area contributed by atoms with Crippen molar-refractivity contribution in [3.05, 3.63) is 74.6 Å². The Kier molecular flexibility index (Phi) is 4.68. The standard InChI is InChI=1S/C21H18BrN3O3/c1-25-17(21(27)23-11-12-9-13(22)7-8-18(12)28-2)10-15-19(25)14-5-3-4-6-16(14)24-20(15)26/h3-10H,11H2,1-2H3,(H,23,27)(H,24,26). The van der Waals surface area contributed by atoms with E-state index in [0.717, 1.165) is 26.5 Å². The van der Waals surface area contributed by atoms with E-state index in [-0.39, 0.29) is 11.5 Å². The van der Waals surface area contributed by atoms with E-state index in [1.807, 2.05) is 42.5 Å². The van der Waals surface area contributed by atoms with Gasteiger partial charge in [0.2, 0.25) is 0 Å². The number of H-pyrrole nitrogens is 1. The molecule has 0 aliphatic heterocycles. The van der Waals surface area contributed by atoms with Gasteiger partial charge in [0.25, 0.3) is 11.5 Å². The number of rotatable bonds is 4. The monoisotopic (exact) mass is 439 g/mol. The summed E-state index contributed by atoms with van der Waals surface area (Å²) in [6.07, 6.45) is 0. The second kappa shape index (κ2) is 7.16. The van der Waals surface area contributed by atoms with Gasteiger partial charge in [-0.2, -0.15) is 0 Å². The normalized spacial score (nSPS) is 11.1. The third-order valence-corrected chi connectivity index (χ3v) is 5.32. The Morgan fingerprint density at radius 1 is 1.18 bits per heavy atom. The molecule has 4 aromatic rings. The molecule has 0 unspecified atom stereocenters. The average Bonchev–Trinajstić information content (AvgIpc) is 3.05. The summed E-state index contributed by atoms with van der Waals surface area (Å²) in [6, 6.07) is 14.8. The lowest BCUT2D eigenvalue weighted by Crippen LogP contribution is -2.25. The van der Waals surface area contributed by atoms with Crippen molar-refractivity contribution in [2.45, 2.75) is 6.54 Å². The Morgan fingerprint density at radius 3 is 2.75 bits per heavy atom. The fourth-order valence-electron chi connectivity index (χ4n) is 3.46. The number of nitrogens with one attached hydrogen (secondary N) is 2. The smallest absolute Gasteiger partial charge is 0.268 e. The lowest BCUT2D eigenvalue weighted by Gasteiger charge is -2.11. The van der Waals surface area contributed by atoms with Crippen LogP contribution in [0.5, 0.6) is 5.75 Å². The molecule has 2 heterocycles. The molecule has 0 aliphatic rings. The summed E-state index contributed by atoms with van der Waals surface area (Å²) in [5.74, 6) is 0.437. The average molecular weight is 440 g/mol. The Balaban J connectivity index is 1.72. The summed E-state index contributed by atoms with van der Waals surface area (Å²) in [4.78, 5) is 28.2. The van der Waals surface area contributed by atoms with Crippen molar-refractivity contribution in [1.29, 1.82) is 0 Å². The number of fused-ring (bicyclic) bond motifs is 3. The molecule has 0 saturated carbocycles. The Morgan fingerprint density at radius 2 is 1.96 bits per heavy atom. The number of hydrogen-bond acceptors (Lipinski definition) is 3. The fourth-order valence-corrected chi connectivity index (χ4v) is 3.87. The van der Waals surface area contributed by atoms with Crippen LogP contribution in [0.1, 0.15) is 16.1 Å². The SMILES string of the molecule is COc1ccc(Br)cc1CNC(=O)c1cc2c(=O)[nH]c3ccccc3c2n1C. The van der Waals surface area contributed by atoms with Gasteiger partial charge in [-0.05, 0) is 30.3 Å². The molecule has 0 radical (unpaired) electrons. The molecule has 0 spiro atoms. The number of pyridine rings is 1. The van der Waals surface area contributed by atoms with Crippen LogP contribution in [0.15, 0.2) is 57.8 Å². The van der Waals surface area contributed by atoms with Crippen molar-refractivity contribution < 1.29 is 9.53 Å². The number of carbonyl (C=O) groups excluding carboxylic acids is 1. The van der Waals surface area contributed by atoms with E-state index in [0.29, 0.717) is 23.4 Å². The first-order valence-corrected chi connectivity index (χ1v) is 9.50. The molecule has 0 fully saturated rings. The van der Waals surface area contributed by atoms with E-state index in [1.54, 1.807) is 24.8 Å². The molecule has 1 amide bonds. The van der Waals surface area contributed by atoms with E-state index in [9.17, 15) is 9.59 Å². The van der Waals surface area contributed by atoms with Crippen molar-refractivity contribution in [2.24, 2.45) is 7.05 Å². The van der Waals surface area contributed by atoms with Crippen LogP contribution in [-0.4, -0.2) is 22.6 Å². The molecule has 4 rings (SSSR count). The Hall–Kier alpha value is -3.06. The first-order valence-electron chi connectivity index (χ1n) is 8.70. The van der Waals surface area contributed by atoms with E-state index >= 15 is 0 Å². The molecule has 2 aromatic heterocycles. The van der Waals surface area contributed by atoms with Gasteiger partial charge in [-0.3, -0.25) is 9.59 Å².